The van der Waals surface area contributed by atoms with Gasteiger partial charge in [-0.05, 0) is 50.7 Å². The topological polar surface area (TPSA) is 35.5 Å². The monoisotopic (exact) mass is 370 g/mol. The molecule has 0 N–H and O–H groups in total. The molecule has 0 atom stereocenters. The minimum Gasteiger partial charge on any atom is -0.496 e. The van der Waals surface area contributed by atoms with Crippen LogP contribution in [0.15, 0.2) is 16.6 Å². The maximum Gasteiger partial charge on any atom is 0.339 e. The van der Waals surface area contributed by atoms with Gasteiger partial charge in [-0.1, -0.05) is 0 Å². The van der Waals surface area contributed by atoms with Crippen LogP contribution >= 0.6 is 38.5 Å². The Hall–Kier alpha value is -0.300. The van der Waals surface area contributed by atoms with Crippen molar-refractivity contribution < 1.29 is 14.3 Å². The zero-order valence-electron chi connectivity index (χ0n) is 7.64. The normalized spacial score (nSPS) is 9.71. The van der Waals surface area contributed by atoms with Crippen molar-refractivity contribution >= 4 is 44.5 Å². The molecule has 0 aromatic heterocycles. The summed E-state index contributed by atoms with van der Waals surface area (Å²) in [7, 11) is 2.94. The molecular formula is C9H8BrIO3. The van der Waals surface area contributed by atoms with Crippen LogP contribution in [0.2, 0.25) is 0 Å². The first kappa shape index (κ1) is 11.8. The maximum absolute atomic E-state index is 11.3. The Morgan fingerprint density at radius 3 is 2.57 bits per heavy atom. The van der Waals surface area contributed by atoms with Gasteiger partial charge in [0.2, 0.25) is 0 Å². The molecule has 0 aliphatic rings. The molecule has 1 aromatic carbocycles. The van der Waals surface area contributed by atoms with Gasteiger partial charge >= 0.3 is 5.97 Å². The Labute approximate surface area is 104 Å². The van der Waals surface area contributed by atoms with Crippen molar-refractivity contribution in [3.05, 3.63) is 25.7 Å². The molecule has 14 heavy (non-hydrogen) atoms. The molecule has 0 fully saturated rings. The summed E-state index contributed by atoms with van der Waals surface area (Å²) in [5.41, 5.74) is 0.498. The van der Waals surface area contributed by atoms with E-state index >= 15 is 0 Å². The van der Waals surface area contributed by atoms with E-state index in [-0.39, 0.29) is 5.97 Å². The summed E-state index contributed by atoms with van der Waals surface area (Å²) < 4.78 is 11.3. The second-order valence-corrected chi connectivity index (χ2v) is 4.47. The van der Waals surface area contributed by atoms with Crippen LogP contribution in [0.25, 0.3) is 0 Å². The molecular weight excluding hydrogens is 363 g/mol. The minimum absolute atomic E-state index is 0.363. The number of methoxy groups -OCH3 is 2. The van der Waals surface area contributed by atoms with Gasteiger partial charge in [0.1, 0.15) is 5.75 Å². The third kappa shape index (κ3) is 2.38. The second kappa shape index (κ2) is 4.97. The zero-order chi connectivity index (χ0) is 10.7. The predicted molar refractivity (Wildman–Crippen MR) is 64.8 cm³/mol. The number of rotatable bonds is 2. The summed E-state index contributed by atoms with van der Waals surface area (Å²) in [6.45, 7) is 0. The van der Waals surface area contributed by atoms with Gasteiger partial charge in [0.15, 0.2) is 0 Å². The number of benzene rings is 1. The zero-order valence-corrected chi connectivity index (χ0v) is 11.4. The summed E-state index contributed by atoms with van der Waals surface area (Å²) >= 11 is 5.38. The highest BCUT2D eigenvalue weighted by atomic mass is 127. The van der Waals surface area contributed by atoms with Gasteiger partial charge < -0.3 is 9.47 Å². The molecule has 0 radical (unpaired) electrons. The summed E-state index contributed by atoms with van der Waals surface area (Å²) in [6.07, 6.45) is 0. The molecule has 0 saturated carbocycles. The van der Waals surface area contributed by atoms with E-state index in [2.05, 4.69) is 43.3 Å². The molecule has 0 amide bonds. The van der Waals surface area contributed by atoms with Gasteiger partial charge in [-0.3, -0.25) is 0 Å². The lowest BCUT2D eigenvalue weighted by Crippen LogP contribution is -2.03. The van der Waals surface area contributed by atoms with Crippen molar-refractivity contribution in [2.45, 2.75) is 0 Å². The maximum atomic E-state index is 11.3. The SMILES string of the molecule is COC(=O)c1cc(I)c(OC)cc1Br. The smallest absolute Gasteiger partial charge is 0.339 e. The molecule has 0 bridgehead atoms. The fourth-order valence-corrected chi connectivity index (χ4v) is 2.12. The average molecular weight is 371 g/mol. The highest BCUT2D eigenvalue weighted by Gasteiger charge is 2.13. The molecule has 0 heterocycles. The van der Waals surface area contributed by atoms with Gasteiger partial charge in [0, 0.05) is 4.47 Å². The Morgan fingerprint density at radius 2 is 2.07 bits per heavy atom. The number of hydrogen-bond acceptors (Lipinski definition) is 3. The minimum atomic E-state index is -0.363. The largest absolute Gasteiger partial charge is 0.496 e. The molecule has 5 heteroatoms. The first-order valence-electron chi connectivity index (χ1n) is 3.71. The fraction of sp³-hybridized carbons (Fsp3) is 0.222. The number of ether oxygens (including phenoxy) is 2. The summed E-state index contributed by atoms with van der Waals surface area (Å²) in [6, 6.07) is 3.46. The molecule has 76 valence electrons. The summed E-state index contributed by atoms with van der Waals surface area (Å²) in [5, 5.41) is 0. The second-order valence-electron chi connectivity index (χ2n) is 2.46. The first-order valence-corrected chi connectivity index (χ1v) is 5.58. The Bertz CT molecular complexity index is 365. The number of esters is 1. The first-order chi connectivity index (χ1) is 6.60. The van der Waals surface area contributed by atoms with Crippen LogP contribution in [0.5, 0.6) is 5.75 Å². The molecule has 1 aromatic rings. The highest BCUT2D eigenvalue weighted by molar-refractivity contribution is 14.1. The lowest BCUT2D eigenvalue weighted by Gasteiger charge is -2.07. The van der Waals surface area contributed by atoms with Crippen molar-refractivity contribution in [1.29, 1.82) is 0 Å². The van der Waals surface area contributed by atoms with Crippen molar-refractivity contribution in [3.63, 3.8) is 0 Å². The molecule has 0 spiro atoms. The lowest BCUT2D eigenvalue weighted by molar-refractivity contribution is 0.0599. The third-order valence-electron chi connectivity index (χ3n) is 1.65. The van der Waals surface area contributed by atoms with Crippen molar-refractivity contribution in [2.75, 3.05) is 14.2 Å². The van der Waals surface area contributed by atoms with Gasteiger partial charge in [-0.15, -0.1) is 0 Å². The summed E-state index contributed by atoms with van der Waals surface area (Å²) in [5.74, 6) is 0.363. The number of hydrogen-bond donors (Lipinski definition) is 0. The summed E-state index contributed by atoms with van der Waals surface area (Å²) in [4.78, 5) is 11.3. The van der Waals surface area contributed by atoms with E-state index in [1.165, 1.54) is 7.11 Å². The van der Waals surface area contributed by atoms with Crippen molar-refractivity contribution in [1.82, 2.24) is 0 Å². The molecule has 1 rings (SSSR count). The van der Waals surface area contributed by atoms with E-state index in [1.54, 1.807) is 19.2 Å². The van der Waals surface area contributed by atoms with Crippen LogP contribution in [0, 0.1) is 3.57 Å². The molecule has 0 aliphatic heterocycles. The van der Waals surface area contributed by atoms with Crippen LogP contribution in [-0.4, -0.2) is 20.2 Å². The third-order valence-corrected chi connectivity index (χ3v) is 3.15. The lowest BCUT2D eigenvalue weighted by atomic mass is 10.2. The van der Waals surface area contributed by atoms with E-state index in [0.29, 0.717) is 10.0 Å². The van der Waals surface area contributed by atoms with Crippen molar-refractivity contribution in [3.8, 4) is 5.75 Å². The standard InChI is InChI=1S/C9H8BrIO3/c1-13-8-4-6(10)5(3-7(8)11)9(12)14-2/h3-4H,1-2H3. The highest BCUT2D eigenvalue weighted by Crippen LogP contribution is 2.28. The van der Waals surface area contributed by atoms with Gasteiger partial charge in [-0.2, -0.15) is 0 Å². The van der Waals surface area contributed by atoms with E-state index in [4.69, 9.17) is 4.74 Å². The van der Waals surface area contributed by atoms with E-state index in [1.807, 2.05) is 0 Å². The van der Waals surface area contributed by atoms with E-state index < -0.39 is 0 Å². The van der Waals surface area contributed by atoms with Crippen LogP contribution < -0.4 is 4.74 Å². The van der Waals surface area contributed by atoms with Gasteiger partial charge in [-0.25, -0.2) is 4.79 Å². The Balaban J connectivity index is 3.21. The quantitative estimate of drug-likeness (QED) is 0.593. The predicted octanol–water partition coefficient (Wildman–Crippen LogP) is 2.85. The molecule has 0 aliphatic carbocycles. The van der Waals surface area contributed by atoms with Crippen LogP contribution in [0.1, 0.15) is 10.4 Å². The molecule has 0 saturated heterocycles. The average Bonchev–Trinajstić information content (AvgIpc) is 2.19. The van der Waals surface area contributed by atoms with Crippen LogP contribution in [0.4, 0.5) is 0 Å². The van der Waals surface area contributed by atoms with E-state index in [0.717, 1.165) is 9.32 Å². The molecule has 0 unspecified atom stereocenters. The van der Waals surface area contributed by atoms with Crippen LogP contribution in [-0.2, 0) is 4.74 Å². The number of carbonyl (C=O) groups is 1. The Kier molecular flexibility index (Phi) is 4.18. The number of carbonyl (C=O) groups excluding carboxylic acids is 1. The van der Waals surface area contributed by atoms with Gasteiger partial charge in [0.05, 0.1) is 23.4 Å². The van der Waals surface area contributed by atoms with Crippen molar-refractivity contribution in [2.24, 2.45) is 0 Å². The number of halogens is 2. The van der Waals surface area contributed by atoms with Crippen LogP contribution in [0.3, 0.4) is 0 Å². The Morgan fingerprint density at radius 1 is 1.43 bits per heavy atom. The molecule has 3 nitrogen and oxygen atoms in total. The fourth-order valence-electron chi connectivity index (χ4n) is 0.951. The van der Waals surface area contributed by atoms with E-state index in [9.17, 15) is 4.79 Å². The van der Waals surface area contributed by atoms with Gasteiger partial charge in [0.25, 0.3) is 0 Å².